The number of methoxy groups -OCH3 is 1. The number of hydrogen-bond donors (Lipinski definition) is 2. The van der Waals surface area contributed by atoms with Crippen molar-refractivity contribution in [1.82, 2.24) is 10.7 Å². The highest BCUT2D eigenvalue weighted by Crippen LogP contribution is 2.29. The quantitative estimate of drug-likeness (QED) is 0.375. The van der Waals surface area contributed by atoms with Crippen LogP contribution in [0.4, 0.5) is 0 Å². The Morgan fingerprint density at radius 2 is 1.86 bits per heavy atom. The van der Waals surface area contributed by atoms with Crippen LogP contribution in [0.2, 0.25) is 10.0 Å². The van der Waals surface area contributed by atoms with Crippen molar-refractivity contribution in [2.45, 2.75) is 20.0 Å². The van der Waals surface area contributed by atoms with Crippen LogP contribution in [0, 0.1) is 0 Å². The first-order valence-electron chi connectivity index (χ1n) is 8.80. The third-order valence-electron chi connectivity index (χ3n) is 3.69. The molecule has 0 fully saturated rings. The van der Waals surface area contributed by atoms with Gasteiger partial charge in [0.15, 0.2) is 11.5 Å². The minimum Gasteiger partial charge on any atom is -0.493 e. The third-order valence-corrected chi connectivity index (χ3v) is 4.43. The highest BCUT2D eigenvalue weighted by atomic mass is 35.5. The Bertz CT molecular complexity index is 903. The van der Waals surface area contributed by atoms with Crippen molar-refractivity contribution >= 4 is 41.2 Å². The number of halogens is 2. The fourth-order valence-corrected chi connectivity index (χ4v) is 2.53. The molecule has 0 spiro atoms. The molecule has 0 radical (unpaired) electrons. The molecule has 0 aliphatic carbocycles. The second-order valence-corrected chi connectivity index (χ2v) is 6.72. The van der Waals surface area contributed by atoms with Crippen LogP contribution in [0.5, 0.6) is 11.5 Å². The van der Waals surface area contributed by atoms with E-state index in [0.29, 0.717) is 33.7 Å². The van der Waals surface area contributed by atoms with Crippen LogP contribution in [0.15, 0.2) is 41.5 Å². The van der Waals surface area contributed by atoms with Gasteiger partial charge in [-0.05, 0) is 47.9 Å². The number of hydrogen-bond acceptors (Lipinski definition) is 5. The molecule has 0 aliphatic rings. The number of benzene rings is 2. The first-order chi connectivity index (χ1) is 13.9. The minimum absolute atomic E-state index is 0.281. The first-order valence-corrected chi connectivity index (χ1v) is 9.56. The zero-order chi connectivity index (χ0) is 21.2. The normalized spacial score (nSPS) is 10.6. The Morgan fingerprint density at radius 1 is 1.07 bits per heavy atom. The van der Waals surface area contributed by atoms with E-state index >= 15 is 0 Å². The molecule has 9 heteroatoms. The molecule has 0 heterocycles. The number of carbonyl (C=O) groups is 2. The molecule has 0 atom stereocenters. The Kier molecular flexibility index (Phi) is 8.76. The second-order valence-electron chi connectivity index (χ2n) is 5.90. The van der Waals surface area contributed by atoms with Crippen molar-refractivity contribution in [2.75, 3.05) is 13.7 Å². The van der Waals surface area contributed by atoms with Gasteiger partial charge in [-0.15, -0.1) is 0 Å². The summed E-state index contributed by atoms with van der Waals surface area (Å²) in [7, 11) is 1.52. The van der Waals surface area contributed by atoms with Crippen LogP contribution in [0.3, 0.4) is 0 Å². The molecular weight excluding hydrogens is 417 g/mol. The van der Waals surface area contributed by atoms with Crippen molar-refractivity contribution in [3.8, 4) is 11.5 Å². The van der Waals surface area contributed by atoms with Crippen LogP contribution < -0.4 is 20.2 Å². The van der Waals surface area contributed by atoms with Gasteiger partial charge in [0.25, 0.3) is 0 Å². The Morgan fingerprint density at radius 3 is 2.55 bits per heavy atom. The van der Waals surface area contributed by atoms with E-state index in [-0.39, 0.29) is 6.61 Å². The molecule has 0 unspecified atom stereocenters. The lowest BCUT2D eigenvalue weighted by atomic mass is 10.2. The van der Waals surface area contributed by atoms with E-state index < -0.39 is 11.8 Å². The lowest BCUT2D eigenvalue weighted by Crippen LogP contribution is -2.38. The molecule has 0 bridgehead atoms. The summed E-state index contributed by atoms with van der Waals surface area (Å²) in [6, 6.07) is 10.4. The number of rotatable bonds is 8. The van der Waals surface area contributed by atoms with Gasteiger partial charge in [-0.2, -0.15) is 5.10 Å². The van der Waals surface area contributed by atoms with Crippen LogP contribution in [0.1, 0.15) is 24.5 Å². The van der Waals surface area contributed by atoms with Crippen LogP contribution in [-0.2, 0) is 16.2 Å². The van der Waals surface area contributed by atoms with Crippen molar-refractivity contribution in [3.63, 3.8) is 0 Å². The molecule has 29 heavy (non-hydrogen) atoms. The van der Waals surface area contributed by atoms with E-state index in [1.165, 1.54) is 13.3 Å². The van der Waals surface area contributed by atoms with Crippen molar-refractivity contribution in [3.05, 3.63) is 57.6 Å². The summed E-state index contributed by atoms with van der Waals surface area (Å²) in [5.74, 6) is -0.546. The maximum atomic E-state index is 11.6. The molecule has 7 nitrogen and oxygen atoms in total. The van der Waals surface area contributed by atoms with E-state index in [2.05, 4.69) is 15.8 Å². The lowest BCUT2D eigenvalue weighted by molar-refractivity contribution is -0.139. The lowest BCUT2D eigenvalue weighted by Gasteiger charge is -2.11. The predicted molar refractivity (Wildman–Crippen MR) is 113 cm³/mol. The predicted octanol–water partition coefficient (Wildman–Crippen LogP) is 3.56. The molecule has 2 aromatic carbocycles. The van der Waals surface area contributed by atoms with E-state index in [0.717, 1.165) is 12.0 Å². The SMILES string of the molecule is CCCNC(=O)C(=O)N/N=C\c1ccc(OCc2ccc(Cl)c(Cl)c2)c(OC)c1. The van der Waals surface area contributed by atoms with Gasteiger partial charge in [0.2, 0.25) is 0 Å². The Labute approximate surface area is 179 Å². The number of amides is 2. The summed E-state index contributed by atoms with van der Waals surface area (Å²) in [5.41, 5.74) is 3.68. The Hall–Kier alpha value is -2.77. The van der Waals surface area contributed by atoms with Gasteiger partial charge >= 0.3 is 11.8 Å². The maximum absolute atomic E-state index is 11.6. The van der Waals surface area contributed by atoms with Crippen molar-refractivity contribution < 1.29 is 19.1 Å². The molecule has 0 saturated carbocycles. The summed E-state index contributed by atoms with van der Waals surface area (Å²) >= 11 is 11.9. The number of nitrogens with one attached hydrogen (secondary N) is 2. The summed E-state index contributed by atoms with van der Waals surface area (Å²) in [6.45, 7) is 2.60. The summed E-state index contributed by atoms with van der Waals surface area (Å²) < 4.78 is 11.1. The van der Waals surface area contributed by atoms with E-state index in [1.54, 1.807) is 30.3 Å². The molecule has 2 amide bonds. The fourth-order valence-electron chi connectivity index (χ4n) is 2.21. The highest BCUT2D eigenvalue weighted by molar-refractivity contribution is 6.42. The van der Waals surface area contributed by atoms with E-state index in [4.69, 9.17) is 32.7 Å². The Balaban J connectivity index is 1.97. The zero-order valence-corrected chi connectivity index (χ0v) is 17.5. The fraction of sp³-hybridized carbons (Fsp3) is 0.250. The van der Waals surface area contributed by atoms with Gasteiger partial charge in [0.1, 0.15) is 6.61 Å². The van der Waals surface area contributed by atoms with Gasteiger partial charge < -0.3 is 14.8 Å². The molecule has 2 N–H and O–H groups in total. The average Bonchev–Trinajstić information content (AvgIpc) is 2.73. The molecule has 0 aliphatic heterocycles. The van der Waals surface area contributed by atoms with E-state index in [1.807, 2.05) is 13.0 Å². The molecule has 0 saturated heterocycles. The van der Waals surface area contributed by atoms with Gasteiger partial charge in [-0.3, -0.25) is 9.59 Å². The number of hydrazone groups is 1. The minimum atomic E-state index is -0.830. The second kappa shape index (κ2) is 11.3. The largest absolute Gasteiger partial charge is 0.493 e. The smallest absolute Gasteiger partial charge is 0.329 e. The highest BCUT2D eigenvalue weighted by Gasteiger charge is 2.11. The zero-order valence-electron chi connectivity index (χ0n) is 16.0. The summed E-state index contributed by atoms with van der Waals surface area (Å²) in [5, 5.41) is 7.18. The van der Waals surface area contributed by atoms with E-state index in [9.17, 15) is 9.59 Å². The number of nitrogens with zero attached hydrogens (tertiary/aromatic N) is 1. The molecule has 2 aromatic rings. The molecule has 2 rings (SSSR count). The average molecular weight is 438 g/mol. The number of ether oxygens (including phenoxy) is 2. The maximum Gasteiger partial charge on any atom is 0.329 e. The molecule has 154 valence electrons. The van der Waals surface area contributed by atoms with Gasteiger partial charge in [-0.25, -0.2) is 5.43 Å². The van der Waals surface area contributed by atoms with Crippen LogP contribution >= 0.6 is 23.2 Å². The van der Waals surface area contributed by atoms with Crippen molar-refractivity contribution in [2.24, 2.45) is 5.10 Å². The van der Waals surface area contributed by atoms with Gasteiger partial charge in [-0.1, -0.05) is 36.2 Å². The summed E-state index contributed by atoms with van der Waals surface area (Å²) in [6.07, 6.45) is 2.14. The van der Waals surface area contributed by atoms with Crippen molar-refractivity contribution in [1.29, 1.82) is 0 Å². The monoisotopic (exact) mass is 437 g/mol. The first kappa shape index (κ1) is 22.5. The topological polar surface area (TPSA) is 89.0 Å². The standard InChI is InChI=1S/C20H21Cl2N3O4/c1-3-8-23-19(26)20(27)25-24-11-13-5-7-17(18(10-13)28-2)29-12-14-4-6-15(21)16(22)9-14/h4-7,9-11H,3,8,12H2,1-2H3,(H,23,26)(H,25,27)/b24-11-. The summed E-state index contributed by atoms with van der Waals surface area (Å²) in [4.78, 5) is 23.1. The molecular formula is C20H21Cl2N3O4. The van der Waals surface area contributed by atoms with Crippen LogP contribution in [-0.4, -0.2) is 31.7 Å². The van der Waals surface area contributed by atoms with Gasteiger partial charge in [0, 0.05) is 6.54 Å². The third kappa shape index (κ3) is 6.96. The molecule has 0 aromatic heterocycles. The van der Waals surface area contributed by atoms with Crippen LogP contribution in [0.25, 0.3) is 0 Å². The number of carbonyl (C=O) groups excluding carboxylic acids is 2. The van der Waals surface area contributed by atoms with Gasteiger partial charge in [0.05, 0.1) is 23.4 Å².